The Balaban J connectivity index is 1.59. The number of halogens is 1. The Morgan fingerprint density at radius 3 is 2.34 bits per heavy atom. The molecule has 3 heterocycles. The number of hydrogen-bond donors (Lipinski definition) is 4. The maximum Gasteiger partial charge on any atom is 0.327 e. The smallest absolute Gasteiger partial charge is 0.327 e. The summed E-state index contributed by atoms with van der Waals surface area (Å²) in [6.07, 6.45) is 0.130. The van der Waals surface area contributed by atoms with Crippen LogP contribution in [0.25, 0.3) is 0 Å². The van der Waals surface area contributed by atoms with Gasteiger partial charge in [-0.25, -0.2) is 4.79 Å². The van der Waals surface area contributed by atoms with Crippen molar-refractivity contribution in [2.75, 3.05) is 26.6 Å². The number of nitrogens with one attached hydrogen (secondary N) is 3. The Morgan fingerprint density at radius 1 is 0.976 bits per heavy atom. The van der Waals surface area contributed by atoms with Gasteiger partial charge in [0.25, 0.3) is 5.56 Å². The Morgan fingerprint density at radius 2 is 1.68 bits per heavy atom. The summed E-state index contributed by atoms with van der Waals surface area (Å²) in [5, 5.41) is 13.6. The van der Waals surface area contributed by atoms with Gasteiger partial charge in [-0.15, -0.1) is 0 Å². The minimum absolute atomic E-state index is 0.00561. The van der Waals surface area contributed by atoms with Crippen molar-refractivity contribution < 1.29 is 33.6 Å². The normalized spacial score (nSPS) is 22.5. The van der Waals surface area contributed by atoms with E-state index in [0.717, 1.165) is 0 Å². The second kappa shape index (κ2) is 9.16. The minimum Gasteiger partial charge on any atom is -0.504 e. The van der Waals surface area contributed by atoms with E-state index in [1.807, 2.05) is 0 Å². The van der Waals surface area contributed by atoms with Crippen molar-refractivity contribution in [1.29, 1.82) is 0 Å². The van der Waals surface area contributed by atoms with Gasteiger partial charge in [0.15, 0.2) is 17.2 Å². The van der Waals surface area contributed by atoms with Gasteiger partial charge >= 0.3 is 5.69 Å². The molecule has 3 aliphatic rings. The van der Waals surface area contributed by atoms with Crippen LogP contribution in [-0.4, -0.2) is 53.6 Å². The van der Waals surface area contributed by atoms with E-state index in [1.165, 1.54) is 39.5 Å². The quantitative estimate of drug-likeness (QED) is 0.336. The first kappa shape index (κ1) is 26.5. The zero-order valence-electron chi connectivity index (χ0n) is 22.3. The number of anilines is 1. The number of carbonyl (C=O) groups excluding carboxylic acids is 2. The van der Waals surface area contributed by atoms with E-state index < -0.39 is 40.3 Å². The van der Waals surface area contributed by atoms with Crippen molar-refractivity contribution >= 4 is 29.0 Å². The number of ketones is 2. The van der Waals surface area contributed by atoms with Crippen molar-refractivity contribution in [3.8, 4) is 28.7 Å². The number of methoxy groups -OCH3 is 3. The molecule has 2 aliphatic heterocycles. The predicted molar refractivity (Wildman–Crippen MR) is 146 cm³/mol. The molecular weight excluding hydrogens is 558 g/mol. The fraction of sp³-hybridized carbons (Fsp3) is 0.286. The Hall–Kier alpha value is -4.71. The average Bonchev–Trinajstić information content (AvgIpc) is 3.25. The highest BCUT2D eigenvalue weighted by Crippen LogP contribution is 2.56. The van der Waals surface area contributed by atoms with Gasteiger partial charge in [-0.1, -0.05) is 24.6 Å². The van der Waals surface area contributed by atoms with E-state index in [9.17, 15) is 24.3 Å². The number of fused-ring (bicyclic) bond motifs is 2. The second-order valence-electron chi connectivity index (χ2n) is 9.98. The molecule has 1 aliphatic carbocycles. The molecule has 1 spiro atoms. The maximum atomic E-state index is 14.7. The molecule has 4 N–H and O–H groups in total. The highest BCUT2D eigenvalue weighted by atomic mass is 35.5. The van der Waals surface area contributed by atoms with Crippen LogP contribution in [0.2, 0.25) is 5.02 Å². The topological polar surface area (TPSA) is 169 Å². The molecular formula is C28H24ClN3O9. The molecule has 1 aromatic heterocycles. The number of phenols is 1. The molecule has 12 nitrogen and oxygen atoms in total. The molecule has 6 rings (SSSR count). The lowest BCUT2D eigenvalue weighted by atomic mass is 9.66. The summed E-state index contributed by atoms with van der Waals surface area (Å²) in [4.78, 5) is 59.0. The third kappa shape index (κ3) is 3.53. The average molecular weight is 582 g/mol. The van der Waals surface area contributed by atoms with Crippen LogP contribution in [0.3, 0.4) is 0 Å². The first-order chi connectivity index (χ1) is 19.6. The van der Waals surface area contributed by atoms with Crippen LogP contribution >= 0.6 is 11.6 Å². The second-order valence-corrected chi connectivity index (χ2v) is 10.4. The summed E-state index contributed by atoms with van der Waals surface area (Å²) < 4.78 is 22.2. The summed E-state index contributed by atoms with van der Waals surface area (Å²) in [5.41, 5.74) is -2.70. The van der Waals surface area contributed by atoms with E-state index in [4.69, 9.17) is 30.5 Å². The molecule has 212 valence electrons. The van der Waals surface area contributed by atoms with E-state index in [-0.39, 0.29) is 62.7 Å². The number of allylic oxidation sites excluding steroid dienone is 1. The van der Waals surface area contributed by atoms with E-state index in [0.29, 0.717) is 11.3 Å². The molecule has 13 heteroatoms. The van der Waals surface area contributed by atoms with Gasteiger partial charge in [-0.05, 0) is 24.1 Å². The Bertz CT molecular complexity index is 1830. The van der Waals surface area contributed by atoms with Gasteiger partial charge in [-0.2, -0.15) is 0 Å². The maximum absolute atomic E-state index is 14.7. The SMILES string of the molecule is COc1ccc(C2C3=C(CC(C)C4(Oc5c(Cl)c(OC)cc(OC)c5C4=O)C3=O)Nc3[nH]c(=O)[nH]c(=O)c32)cc1O. The van der Waals surface area contributed by atoms with Crippen LogP contribution in [0, 0.1) is 5.92 Å². The number of ether oxygens (including phenoxy) is 4. The van der Waals surface area contributed by atoms with Crippen LogP contribution in [0.15, 0.2) is 45.1 Å². The lowest BCUT2D eigenvalue weighted by Crippen LogP contribution is -2.58. The number of aromatic amines is 2. The molecule has 3 aromatic rings. The summed E-state index contributed by atoms with van der Waals surface area (Å²) in [6.45, 7) is 1.69. The first-order valence-electron chi connectivity index (χ1n) is 12.5. The first-order valence-corrected chi connectivity index (χ1v) is 12.9. The molecule has 3 atom stereocenters. The Labute approximate surface area is 236 Å². The summed E-state index contributed by atoms with van der Waals surface area (Å²) >= 11 is 6.54. The van der Waals surface area contributed by atoms with Crippen LogP contribution in [0.4, 0.5) is 5.82 Å². The van der Waals surface area contributed by atoms with E-state index >= 15 is 0 Å². The third-order valence-corrected chi connectivity index (χ3v) is 8.26. The number of Topliss-reactive ketones (excluding diaryl/α,β-unsaturated/α-hetero) is 2. The van der Waals surface area contributed by atoms with E-state index in [2.05, 4.69) is 15.3 Å². The number of rotatable bonds is 4. The van der Waals surface area contributed by atoms with Gasteiger partial charge in [-0.3, -0.25) is 24.4 Å². The highest BCUT2D eigenvalue weighted by Gasteiger charge is 2.63. The molecule has 0 saturated carbocycles. The number of phenolic OH excluding ortho intramolecular Hbond substituents is 1. The van der Waals surface area contributed by atoms with Gasteiger partial charge in [0, 0.05) is 29.2 Å². The van der Waals surface area contributed by atoms with Crippen molar-refractivity contribution in [2.24, 2.45) is 5.92 Å². The number of carbonyl (C=O) groups is 2. The van der Waals surface area contributed by atoms with Crippen molar-refractivity contribution in [2.45, 2.75) is 24.9 Å². The number of aromatic hydroxyl groups is 1. The molecule has 0 radical (unpaired) electrons. The molecule has 41 heavy (non-hydrogen) atoms. The van der Waals surface area contributed by atoms with Gasteiger partial charge in [0.2, 0.25) is 17.2 Å². The molecule has 0 saturated heterocycles. The number of benzene rings is 2. The van der Waals surface area contributed by atoms with Crippen LogP contribution < -0.4 is 35.5 Å². The van der Waals surface area contributed by atoms with Gasteiger partial charge in [0.05, 0.1) is 26.9 Å². The fourth-order valence-electron chi connectivity index (χ4n) is 6.01. The lowest BCUT2D eigenvalue weighted by Gasteiger charge is -2.42. The zero-order chi connectivity index (χ0) is 29.4. The summed E-state index contributed by atoms with van der Waals surface area (Å²) in [7, 11) is 4.15. The van der Waals surface area contributed by atoms with Gasteiger partial charge in [0.1, 0.15) is 27.9 Å². The molecule has 0 bridgehead atoms. The lowest BCUT2D eigenvalue weighted by molar-refractivity contribution is -0.130. The van der Waals surface area contributed by atoms with E-state index in [1.54, 1.807) is 13.0 Å². The van der Waals surface area contributed by atoms with Crippen molar-refractivity contribution in [3.05, 3.63) is 78.1 Å². The highest BCUT2D eigenvalue weighted by molar-refractivity contribution is 6.36. The largest absolute Gasteiger partial charge is 0.504 e. The number of hydrogen-bond acceptors (Lipinski definition) is 10. The summed E-state index contributed by atoms with van der Waals surface area (Å²) in [6, 6.07) is 5.88. The number of aromatic nitrogens is 2. The monoisotopic (exact) mass is 581 g/mol. The molecule has 0 amide bonds. The van der Waals surface area contributed by atoms with Crippen LogP contribution in [0.1, 0.15) is 40.7 Å². The third-order valence-electron chi connectivity index (χ3n) is 7.90. The zero-order valence-corrected chi connectivity index (χ0v) is 23.0. The number of H-pyrrole nitrogens is 2. The molecule has 3 unspecified atom stereocenters. The van der Waals surface area contributed by atoms with Crippen LogP contribution in [0.5, 0.6) is 28.7 Å². The minimum atomic E-state index is -2.04. The standard InChI is InChI=1S/C28H24ClN3O9/c1-10-7-12-18(23(34)28(10)24(35)19-15(39-3)9-16(40-4)21(29)22(19)41-28)17(11-5-6-14(38-2)13(33)8-11)20-25(30-12)31-27(37)32-26(20)36/h5-6,8-10,17,33H,7H2,1-4H3,(H3,30,31,32,36,37). The molecule has 0 fully saturated rings. The van der Waals surface area contributed by atoms with Crippen molar-refractivity contribution in [3.63, 3.8) is 0 Å². The van der Waals surface area contributed by atoms with Gasteiger partial charge < -0.3 is 29.4 Å². The van der Waals surface area contributed by atoms with Crippen LogP contribution in [-0.2, 0) is 4.79 Å². The molecule has 2 aromatic carbocycles. The van der Waals surface area contributed by atoms with Crippen molar-refractivity contribution in [1.82, 2.24) is 9.97 Å². The fourth-order valence-corrected chi connectivity index (χ4v) is 6.27. The summed E-state index contributed by atoms with van der Waals surface area (Å²) in [5.74, 6) is -2.83. The predicted octanol–water partition coefficient (Wildman–Crippen LogP) is 2.88. The Kier molecular flexibility index (Phi) is 5.93.